The van der Waals surface area contributed by atoms with E-state index in [-0.39, 0.29) is 24.3 Å². The summed E-state index contributed by atoms with van der Waals surface area (Å²) in [7, 11) is 0. The van der Waals surface area contributed by atoms with Gasteiger partial charge in [-0.1, -0.05) is 37.3 Å². The topological polar surface area (TPSA) is 131 Å². The number of urea groups is 1. The molecule has 0 radical (unpaired) electrons. The Morgan fingerprint density at radius 3 is 2.24 bits per heavy atom. The number of imide groups is 2. The maximum atomic E-state index is 13.2. The predicted molar refractivity (Wildman–Crippen MR) is 150 cm³/mol. The molecular formula is C31H30N2O8. The van der Waals surface area contributed by atoms with Gasteiger partial charge in [-0.2, -0.15) is 0 Å². The molecule has 3 aromatic carbocycles. The van der Waals surface area contributed by atoms with E-state index in [4.69, 9.17) is 19.3 Å². The Hall–Kier alpha value is -5.12. The van der Waals surface area contributed by atoms with Crippen LogP contribution in [0.15, 0.2) is 72.3 Å². The summed E-state index contributed by atoms with van der Waals surface area (Å²) in [5.74, 6) is -0.863. The van der Waals surface area contributed by atoms with E-state index in [1.807, 2.05) is 13.8 Å². The molecule has 4 amide bonds. The Morgan fingerprint density at radius 2 is 1.59 bits per heavy atom. The molecule has 4 rings (SSSR count). The van der Waals surface area contributed by atoms with Crippen molar-refractivity contribution in [3.8, 4) is 17.2 Å². The fourth-order valence-corrected chi connectivity index (χ4v) is 4.01. The van der Waals surface area contributed by atoms with E-state index in [2.05, 4.69) is 5.32 Å². The molecule has 10 heteroatoms. The number of rotatable bonds is 12. The first-order chi connectivity index (χ1) is 19.8. The highest BCUT2D eigenvalue weighted by atomic mass is 16.5. The first-order valence-corrected chi connectivity index (χ1v) is 13.1. The number of carbonyl (C=O) groups is 4. The third-order valence-electron chi connectivity index (χ3n) is 6.09. The van der Waals surface area contributed by atoms with Crippen LogP contribution in [0.4, 0.5) is 4.79 Å². The number of carboxylic acid groups (broad SMARTS) is 1. The van der Waals surface area contributed by atoms with Crippen LogP contribution in [0.25, 0.3) is 6.08 Å². The fraction of sp³-hybridized carbons (Fsp3) is 0.226. The molecule has 1 aliphatic rings. The minimum atomic E-state index is -0.998. The second-order valence-electron chi connectivity index (χ2n) is 9.13. The van der Waals surface area contributed by atoms with E-state index in [0.29, 0.717) is 41.6 Å². The highest BCUT2D eigenvalue weighted by Gasteiger charge is 2.35. The normalized spacial score (nSPS) is 14.1. The van der Waals surface area contributed by atoms with E-state index in [1.54, 1.807) is 54.6 Å². The van der Waals surface area contributed by atoms with E-state index >= 15 is 0 Å². The van der Waals surface area contributed by atoms with Gasteiger partial charge in [0.1, 0.15) is 17.9 Å². The summed E-state index contributed by atoms with van der Waals surface area (Å²) in [6.45, 7) is 4.95. The quantitative estimate of drug-likeness (QED) is 0.239. The minimum Gasteiger partial charge on any atom is -0.490 e. The number of carbonyl (C=O) groups excluding carboxylic acids is 3. The van der Waals surface area contributed by atoms with Crippen molar-refractivity contribution in [3.05, 3.63) is 94.6 Å². The highest BCUT2D eigenvalue weighted by molar-refractivity contribution is 6.30. The summed E-state index contributed by atoms with van der Waals surface area (Å²) in [6.07, 6.45) is 2.25. The van der Waals surface area contributed by atoms with Crippen LogP contribution in [0.2, 0.25) is 0 Å². The average molecular weight is 559 g/mol. The summed E-state index contributed by atoms with van der Waals surface area (Å²) < 4.78 is 17.1. The third kappa shape index (κ3) is 7.30. The number of aromatic carboxylic acids is 1. The Bertz CT molecular complexity index is 1460. The van der Waals surface area contributed by atoms with E-state index in [9.17, 15) is 19.2 Å². The van der Waals surface area contributed by atoms with Crippen molar-refractivity contribution >= 4 is 29.9 Å². The number of hydrogen-bond donors (Lipinski definition) is 2. The van der Waals surface area contributed by atoms with Crippen LogP contribution in [0.1, 0.15) is 47.3 Å². The number of amides is 4. The second kappa shape index (κ2) is 13.3. The van der Waals surface area contributed by atoms with Crippen molar-refractivity contribution in [1.82, 2.24) is 10.2 Å². The Labute approximate surface area is 237 Å². The lowest BCUT2D eigenvalue weighted by atomic mass is 10.1. The van der Waals surface area contributed by atoms with Gasteiger partial charge in [0.15, 0.2) is 11.5 Å². The van der Waals surface area contributed by atoms with Crippen LogP contribution in [0, 0.1) is 0 Å². The van der Waals surface area contributed by atoms with Crippen LogP contribution in [-0.2, 0) is 22.7 Å². The summed E-state index contributed by atoms with van der Waals surface area (Å²) in [5, 5.41) is 11.2. The monoisotopic (exact) mass is 558 g/mol. The molecule has 0 atom stereocenters. The van der Waals surface area contributed by atoms with E-state index in [1.165, 1.54) is 18.2 Å². The molecule has 41 heavy (non-hydrogen) atoms. The van der Waals surface area contributed by atoms with Crippen molar-refractivity contribution < 1.29 is 38.5 Å². The van der Waals surface area contributed by atoms with E-state index < -0.39 is 23.8 Å². The average Bonchev–Trinajstić information content (AvgIpc) is 2.97. The first kappa shape index (κ1) is 28.9. The van der Waals surface area contributed by atoms with Crippen LogP contribution in [-0.4, -0.2) is 47.0 Å². The molecule has 1 heterocycles. The van der Waals surface area contributed by atoms with Crippen LogP contribution >= 0.6 is 0 Å². The molecule has 0 saturated carbocycles. The van der Waals surface area contributed by atoms with Gasteiger partial charge in [-0.15, -0.1) is 0 Å². The molecule has 0 aliphatic carbocycles. The molecule has 1 fully saturated rings. The minimum absolute atomic E-state index is 0.0658. The summed E-state index contributed by atoms with van der Waals surface area (Å²) in [6, 6.07) is 17.5. The largest absolute Gasteiger partial charge is 0.490 e. The number of hydrogen-bond acceptors (Lipinski definition) is 7. The summed E-state index contributed by atoms with van der Waals surface area (Å²) in [5.41, 5.74) is 2.01. The number of nitrogens with one attached hydrogen (secondary N) is 1. The van der Waals surface area contributed by atoms with Gasteiger partial charge in [0.25, 0.3) is 11.8 Å². The molecule has 0 unspecified atom stereocenters. The zero-order valence-electron chi connectivity index (χ0n) is 22.7. The van der Waals surface area contributed by atoms with Crippen molar-refractivity contribution in [2.24, 2.45) is 0 Å². The van der Waals surface area contributed by atoms with Gasteiger partial charge in [0, 0.05) is 0 Å². The Morgan fingerprint density at radius 1 is 0.878 bits per heavy atom. The van der Waals surface area contributed by atoms with Crippen LogP contribution in [0.5, 0.6) is 17.2 Å². The summed E-state index contributed by atoms with van der Waals surface area (Å²) in [4.78, 5) is 50.3. The number of carboxylic acids is 1. The molecule has 10 nitrogen and oxygen atoms in total. The van der Waals surface area contributed by atoms with Gasteiger partial charge in [-0.05, 0) is 72.5 Å². The molecule has 212 valence electrons. The third-order valence-corrected chi connectivity index (χ3v) is 6.09. The molecular weight excluding hydrogens is 528 g/mol. The number of ether oxygens (including phenoxy) is 3. The lowest BCUT2D eigenvalue weighted by Crippen LogP contribution is -2.53. The Kier molecular flexibility index (Phi) is 9.36. The Balaban J connectivity index is 1.45. The maximum absolute atomic E-state index is 13.2. The van der Waals surface area contributed by atoms with Gasteiger partial charge in [-0.25, -0.2) is 9.59 Å². The van der Waals surface area contributed by atoms with Crippen LogP contribution in [0.3, 0.4) is 0 Å². The van der Waals surface area contributed by atoms with Crippen molar-refractivity contribution in [2.45, 2.75) is 33.4 Å². The lowest BCUT2D eigenvalue weighted by molar-refractivity contribution is -0.130. The maximum Gasteiger partial charge on any atom is 0.335 e. The zero-order valence-corrected chi connectivity index (χ0v) is 22.7. The zero-order chi connectivity index (χ0) is 29.4. The van der Waals surface area contributed by atoms with Gasteiger partial charge in [0.2, 0.25) is 0 Å². The van der Waals surface area contributed by atoms with Crippen molar-refractivity contribution in [2.75, 3.05) is 13.2 Å². The molecule has 0 bridgehead atoms. The molecule has 0 aromatic heterocycles. The van der Waals surface area contributed by atoms with Gasteiger partial charge < -0.3 is 19.3 Å². The van der Waals surface area contributed by atoms with E-state index in [0.717, 1.165) is 16.9 Å². The lowest BCUT2D eigenvalue weighted by Gasteiger charge is -2.26. The second-order valence-corrected chi connectivity index (χ2v) is 9.13. The van der Waals surface area contributed by atoms with Crippen molar-refractivity contribution in [1.29, 1.82) is 0 Å². The number of nitrogens with zero attached hydrogens (tertiary/aromatic N) is 1. The molecule has 1 aliphatic heterocycles. The highest BCUT2D eigenvalue weighted by Crippen LogP contribution is 2.30. The van der Waals surface area contributed by atoms with Gasteiger partial charge in [-0.3, -0.25) is 19.8 Å². The smallest absolute Gasteiger partial charge is 0.335 e. The predicted octanol–water partition coefficient (Wildman–Crippen LogP) is 4.81. The van der Waals surface area contributed by atoms with Gasteiger partial charge >= 0.3 is 12.0 Å². The molecule has 0 spiro atoms. The standard InChI is InChI=1S/C31H30N2O8/c1-3-15-40-26-14-9-22(17-27(26)39-4-2)18-33-29(35)25(28(34)32-31(33)38)16-20-7-12-24(13-8-20)41-19-21-5-10-23(11-6-21)30(36)37/h5-14,16-17H,3-4,15,18-19H2,1-2H3,(H,36,37)(H,32,34,38)/b25-16+. The summed E-state index contributed by atoms with van der Waals surface area (Å²) >= 11 is 0. The molecule has 2 N–H and O–H groups in total. The van der Waals surface area contributed by atoms with Crippen LogP contribution < -0.4 is 19.5 Å². The van der Waals surface area contributed by atoms with Gasteiger partial charge in [0.05, 0.1) is 25.3 Å². The number of benzene rings is 3. The molecule has 1 saturated heterocycles. The fourth-order valence-electron chi connectivity index (χ4n) is 4.01. The SMILES string of the molecule is CCCOc1ccc(CN2C(=O)NC(=O)/C(=C\c3ccc(OCc4ccc(C(=O)O)cc4)cc3)C2=O)cc1OCC. The molecule has 3 aromatic rings. The first-order valence-electron chi connectivity index (χ1n) is 13.1. The number of barbiturate groups is 1. The van der Waals surface area contributed by atoms with Crippen molar-refractivity contribution in [3.63, 3.8) is 0 Å².